The van der Waals surface area contributed by atoms with E-state index in [1.54, 1.807) is 0 Å². The van der Waals surface area contributed by atoms with Gasteiger partial charge >= 0.3 is 0 Å². The predicted molar refractivity (Wildman–Crippen MR) is 47.7 cm³/mol. The van der Waals surface area contributed by atoms with Gasteiger partial charge in [0.15, 0.2) is 5.78 Å². The van der Waals surface area contributed by atoms with Crippen LogP contribution >= 0.6 is 11.6 Å². The first-order valence-electron chi connectivity index (χ1n) is 3.73. The van der Waals surface area contributed by atoms with E-state index in [9.17, 15) is 9.18 Å². The van der Waals surface area contributed by atoms with E-state index < -0.39 is 11.6 Å². The maximum absolute atomic E-state index is 13.0. The molecule has 13 heavy (non-hydrogen) atoms. The quantitative estimate of drug-likeness (QED) is 0.604. The largest absolute Gasteiger partial charge is 0.508 e. The normalized spacial score (nSPS) is 10.0. The van der Waals surface area contributed by atoms with E-state index in [1.165, 1.54) is 6.07 Å². The highest BCUT2D eigenvalue weighted by Crippen LogP contribution is 2.16. The number of phenolic OH excluding ortho intramolecular Hbond substituents is 1. The van der Waals surface area contributed by atoms with Crippen molar-refractivity contribution in [3.05, 3.63) is 29.6 Å². The zero-order chi connectivity index (χ0) is 9.84. The summed E-state index contributed by atoms with van der Waals surface area (Å²) in [5, 5.41) is 9.00. The Balaban J connectivity index is 2.99. The lowest BCUT2D eigenvalue weighted by atomic mass is 10.1. The Morgan fingerprint density at radius 1 is 1.54 bits per heavy atom. The van der Waals surface area contributed by atoms with Gasteiger partial charge in [0.2, 0.25) is 0 Å². The van der Waals surface area contributed by atoms with Gasteiger partial charge in [-0.15, -0.1) is 11.6 Å². The van der Waals surface area contributed by atoms with E-state index in [-0.39, 0.29) is 23.6 Å². The number of hydrogen-bond acceptors (Lipinski definition) is 2. The predicted octanol–water partition coefficient (Wildman–Crippen LogP) is 2.34. The summed E-state index contributed by atoms with van der Waals surface area (Å²) >= 11 is 5.33. The highest BCUT2D eigenvalue weighted by Gasteiger charge is 2.11. The third-order valence-electron chi connectivity index (χ3n) is 1.57. The maximum atomic E-state index is 13.0. The van der Waals surface area contributed by atoms with Crippen molar-refractivity contribution < 1.29 is 14.3 Å². The monoisotopic (exact) mass is 202 g/mol. The number of alkyl halides is 1. The fourth-order valence-corrected chi connectivity index (χ4v) is 1.12. The second kappa shape index (κ2) is 4.23. The number of halogens is 2. The Morgan fingerprint density at radius 3 is 2.85 bits per heavy atom. The standard InChI is InChI=1S/C9H8ClFO2/c10-4-3-9(13)7-5-6(12)1-2-8(7)11/h1-2,5,12H,3-4H2. The molecule has 0 aliphatic rings. The molecule has 0 radical (unpaired) electrons. The molecular weight excluding hydrogens is 195 g/mol. The number of carbonyl (C=O) groups is 1. The van der Waals surface area contributed by atoms with E-state index in [4.69, 9.17) is 16.7 Å². The molecule has 1 N–H and O–H groups in total. The van der Waals surface area contributed by atoms with Gasteiger partial charge in [0.25, 0.3) is 0 Å². The van der Waals surface area contributed by atoms with Crippen LogP contribution in [0, 0.1) is 5.82 Å². The van der Waals surface area contributed by atoms with Crippen LogP contribution in [0.2, 0.25) is 0 Å². The first kappa shape index (κ1) is 9.99. The van der Waals surface area contributed by atoms with Crippen molar-refractivity contribution in [2.24, 2.45) is 0 Å². The topological polar surface area (TPSA) is 37.3 Å². The number of benzene rings is 1. The van der Waals surface area contributed by atoms with Gasteiger partial charge in [-0.25, -0.2) is 4.39 Å². The smallest absolute Gasteiger partial charge is 0.167 e. The van der Waals surface area contributed by atoms with Gasteiger partial charge in [-0.3, -0.25) is 4.79 Å². The molecule has 0 saturated carbocycles. The van der Waals surface area contributed by atoms with Gasteiger partial charge in [-0.1, -0.05) is 0 Å². The number of carbonyl (C=O) groups excluding carboxylic acids is 1. The van der Waals surface area contributed by atoms with Crippen molar-refractivity contribution in [3.63, 3.8) is 0 Å². The number of ketones is 1. The Hall–Kier alpha value is -1.09. The first-order chi connectivity index (χ1) is 6.15. The van der Waals surface area contributed by atoms with Gasteiger partial charge in [0.05, 0.1) is 5.56 Å². The molecule has 0 aromatic heterocycles. The van der Waals surface area contributed by atoms with Crippen LogP contribution in [0.3, 0.4) is 0 Å². The van der Waals surface area contributed by atoms with E-state index in [0.29, 0.717) is 0 Å². The fraction of sp³-hybridized carbons (Fsp3) is 0.222. The molecule has 0 unspecified atom stereocenters. The lowest BCUT2D eigenvalue weighted by Gasteiger charge is -2.00. The molecule has 70 valence electrons. The third-order valence-corrected chi connectivity index (χ3v) is 1.76. The Kier molecular flexibility index (Phi) is 3.25. The molecule has 4 heteroatoms. The Morgan fingerprint density at radius 2 is 2.23 bits per heavy atom. The Labute approximate surface area is 80.0 Å². The number of hydrogen-bond donors (Lipinski definition) is 1. The van der Waals surface area contributed by atoms with Gasteiger partial charge in [0.1, 0.15) is 11.6 Å². The van der Waals surface area contributed by atoms with Crippen LogP contribution in [0.15, 0.2) is 18.2 Å². The van der Waals surface area contributed by atoms with Crippen molar-refractivity contribution in [1.29, 1.82) is 0 Å². The SMILES string of the molecule is O=C(CCCl)c1cc(O)ccc1F. The fourth-order valence-electron chi connectivity index (χ4n) is 0.947. The van der Waals surface area contributed by atoms with Crippen LogP contribution < -0.4 is 0 Å². The average Bonchev–Trinajstić information content (AvgIpc) is 2.09. The molecule has 0 heterocycles. The molecule has 1 aromatic carbocycles. The molecule has 2 nitrogen and oxygen atoms in total. The average molecular weight is 203 g/mol. The lowest BCUT2D eigenvalue weighted by molar-refractivity contribution is 0.0985. The molecule has 0 atom stereocenters. The van der Waals surface area contributed by atoms with Crippen molar-refractivity contribution in [2.45, 2.75) is 6.42 Å². The van der Waals surface area contributed by atoms with Crippen molar-refractivity contribution in [1.82, 2.24) is 0 Å². The highest BCUT2D eigenvalue weighted by atomic mass is 35.5. The molecule has 1 aromatic rings. The maximum Gasteiger partial charge on any atom is 0.167 e. The second-order valence-corrected chi connectivity index (χ2v) is 2.90. The van der Waals surface area contributed by atoms with Crippen molar-refractivity contribution >= 4 is 17.4 Å². The van der Waals surface area contributed by atoms with Crippen LogP contribution in [-0.4, -0.2) is 16.8 Å². The van der Waals surface area contributed by atoms with E-state index in [1.807, 2.05) is 0 Å². The minimum Gasteiger partial charge on any atom is -0.508 e. The number of rotatable bonds is 3. The molecule has 0 aliphatic carbocycles. The molecule has 1 rings (SSSR count). The van der Waals surface area contributed by atoms with Crippen molar-refractivity contribution in [3.8, 4) is 5.75 Å². The summed E-state index contributed by atoms with van der Waals surface area (Å²) in [5.41, 5.74) is -0.111. The van der Waals surface area contributed by atoms with E-state index >= 15 is 0 Å². The lowest BCUT2D eigenvalue weighted by Crippen LogP contribution is -2.02. The number of Topliss-reactive ketones (excluding diaryl/α,β-unsaturated/α-hetero) is 1. The van der Waals surface area contributed by atoms with Crippen LogP contribution in [0.5, 0.6) is 5.75 Å². The van der Waals surface area contributed by atoms with Crippen molar-refractivity contribution in [2.75, 3.05) is 5.88 Å². The van der Waals surface area contributed by atoms with Gasteiger partial charge in [-0.2, -0.15) is 0 Å². The molecule has 0 bridgehead atoms. The summed E-state index contributed by atoms with van der Waals surface area (Å²) in [5.74, 6) is -1.01. The molecule has 0 spiro atoms. The minimum atomic E-state index is -0.632. The summed E-state index contributed by atoms with van der Waals surface area (Å²) in [6, 6.07) is 3.34. The van der Waals surface area contributed by atoms with E-state index in [0.717, 1.165) is 12.1 Å². The highest BCUT2D eigenvalue weighted by molar-refractivity contribution is 6.19. The first-order valence-corrected chi connectivity index (χ1v) is 4.26. The summed E-state index contributed by atoms with van der Waals surface area (Å²) < 4.78 is 13.0. The van der Waals surface area contributed by atoms with Crippen LogP contribution in [0.1, 0.15) is 16.8 Å². The summed E-state index contributed by atoms with van der Waals surface area (Å²) in [6.45, 7) is 0. The summed E-state index contributed by atoms with van der Waals surface area (Å²) in [7, 11) is 0. The second-order valence-electron chi connectivity index (χ2n) is 2.53. The zero-order valence-corrected chi connectivity index (χ0v) is 7.51. The molecule has 0 saturated heterocycles. The Bertz CT molecular complexity index is 325. The molecule has 0 amide bonds. The minimum absolute atomic E-state index is 0.0714. The summed E-state index contributed by atoms with van der Waals surface area (Å²) in [6.07, 6.45) is 0.0714. The summed E-state index contributed by atoms with van der Waals surface area (Å²) in [4.78, 5) is 11.2. The molecule has 0 fully saturated rings. The third kappa shape index (κ3) is 2.42. The number of phenols is 1. The van der Waals surface area contributed by atoms with Crippen LogP contribution in [0.4, 0.5) is 4.39 Å². The van der Waals surface area contributed by atoms with Crippen LogP contribution in [-0.2, 0) is 0 Å². The van der Waals surface area contributed by atoms with Crippen LogP contribution in [0.25, 0.3) is 0 Å². The van der Waals surface area contributed by atoms with Gasteiger partial charge < -0.3 is 5.11 Å². The van der Waals surface area contributed by atoms with Gasteiger partial charge in [-0.05, 0) is 18.2 Å². The molecular formula is C9H8ClFO2. The van der Waals surface area contributed by atoms with Gasteiger partial charge in [0, 0.05) is 12.3 Å². The zero-order valence-electron chi connectivity index (χ0n) is 6.76. The van der Waals surface area contributed by atoms with E-state index in [2.05, 4.69) is 0 Å². The molecule has 0 aliphatic heterocycles. The number of aromatic hydroxyl groups is 1.